The van der Waals surface area contributed by atoms with Gasteiger partial charge in [-0.15, -0.1) is 4.98 Å². The molecule has 1 heterocycles. The summed E-state index contributed by atoms with van der Waals surface area (Å²) in [7, 11) is 1.72. The molecule has 106 valence electrons. The number of rotatable bonds is 6. The maximum absolute atomic E-state index is 5.61. The zero-order valence-corrected chi connectivity index (χ0v) is 12.8. The summed E-state index contributed by atoms with van der Waals surface area (Å²) in [5.74, 6) is 1.03. The molecule has 1 N–H and O–H groups in total. The first-order valence-electron chi connectivity index (χ1n) is 6.21. The van der Waals surface area contributed by atoms with Gasteiger partial charge in [0.1, 0.15) is 5.75 Å². The molecule has 0 radical (unpaired) electrons. The average Bonchev–Trinajstić information content (AvgIpc) is 2.45. The van der Waals surface area contributed by atoms with E-state index in [1.165, 1.54) is 0 Å². The molecule has 6 nitrogen and oxygen atoms in total. The number of aromatic nitrogens is 3. The molecule has 0 aliphatic heterocycles. The highest BCUT2D eigenvalue weighted by atomic mass is 79.9. The van der Waals surface area contributed by atoms with Gasteiger partial charge in [0.05, 0.1) is 6.61 Å². The molecule has 0 fully saturated rings. The van der Waals surface area contributed by atoms with Crippen LogP contribution in [0.2, 0.25) is 0 Å². The summed E-state index contributed by atoms with van der Waals surface area (Å²) in [5.41, 5.74) is 0. The van der Waals surface area contributed by atoms with E-state index < -0.39 is 0 Å². The second-order valence-corrected chi connectivity index (χ2v) is 4.80. The molecule has 0 bridgehead atoms. The van der Waals surface area contributed by atoms with Gasteiger partial charge in [0.2, 0.25) is 5.95 Å². The lowest BCUT2D eigenvalue weighted by Crippen LogP contribution is -2.06. The van der Waals surface area contributed by atoms with Gasteiger partial charge < -0.3 is 14.8 Å². The number of hydrogen-bond acceptors (Lipinski definition) is 6. The van der Waals surface area contributed by atoms with Gasteiger partial charge in [0.15, 0.2) is 0 Å². The van der Waals surface area contributed by atoms with Gasteiger partial charge in [0.25, 0.3) is 0 Å². The Morgan fingerprint density at radius 3 is 2.70 bits per heavy atom. The minimum Gasteiger partial charge on any atom is -0.463 e. The first kappa shape index (κ1) is 14.5. The fourth-order valence-corrected chi connectivity index (χ4v) is 1.77. The number of ether oxygens (including phenoxy) is 2. The van der Waals surface area contributed by atoms with E-state index in [0.717, 1.165) is 10.9 Å². The molecule has 0 saturated heterocycles. The lowest BCUT2D eigenvalue weighted by molar-refractivity contribution is 0.285. The third-order valence-corrected chi connectivity index (χ3v) is 2.75. The Kier molecular flexibility index (Phi) is 5.11. The van der Waals surface area contributed by atoms with Crippen LogP contribution in [0.4, 0.5) is 5.95 Å². The van der Waals surface area contributed by atoms with Crippen molar-refractivity contribution in [3.63, 3.8) is 0 Å². The van der Waals surface area contributed by atoms with Gasteiger partial charge >= 0.3 is 12.0 Å². The van der Waals surface area contributed by atoms with Crippen LogP contribution in [-0.4, -0.2) is 28.6 Å². The highest BCUT2D eigenvalue weighted by Gasteiger charge is 2.08. The Morgan fingerprint density at radius 2 is 2.00 bits per heavy atom. The van der Waals surface area contributed by atoms with Crippen molar-refractivity contribution in [2.45, 2.75) is 13.3 Å². The predicted octanol–water partition coefficient (Wildman–Crippen LogP) is 3.26. The number of halogens is 1. The Balaban J connectivity index is 2.21. The van der Waals surface area contributed by atoms with Crippen molar-refractivity contribution in [3.8, 4) is 17.8 Å². The molecule has 0 atom stereocenters. The molecule has 2 rings (SSSR count). The Hall–Kier alpha value is -1.89. The standard InChI is InChI=1S/C13H15BrN4O2/c1-3-7-19-12-16-11(15-2)17-13(18-12)20-10-6-4-5-9(14)8-10/h4-6,8H,3,7H2,1-2H3,(H,15,16,17,18). The molecule has 0 amide bonds. The number of nitrogens with one attached hydrogen (secondary N) is 1. The van der Waals surface area contributed by atoms with E-state index in [0.29, 0.717) is 18.3 Å². The second kappa shape index (κ2) is 7.04. The summed E-state index contributed by atoms with van der Waals surface area (Å²) in [6, 6.07) is 7.86. The van der Waals surface area contributed by atoms with E-state index in [1.807, 2.05) is 31.2 Å². The van der Waals surface area contributed by atoms with E-state index in [9.17, 15) is 0 Å². The van der Waals surface area contributed by atoms with Crippen molar-refractivity contribution in [1.82, 2.24) is 15.0 Å². The summed E-state index contributed by atoms with van der Waals surface area (Å²) in [6.07, 6.45) is 0.877. The quantitative estimate of drug-likeness (QED) is 0.871. The van der Waals surface area contributed by atoms with Gasteiger partial charge in [-0.25, -0.2) is 0 Å². The van der Waals surface area contributed by atoms with E-state index in [1.54, 1.807) is 7.05 Å². The summed E-state index contributed by atoms with van der Waals surface area (Å²) in [6.45, 7) is 2.56. The minimum atomic E-state index is 0.188. The monoisotopic (exact) mass is 338 g/mol. The highest BCUT2D eigenvalue weighted by molar-refractivity contribution is 9.10. The van der Waals surface area contributed by atoms with Crippen LogP contribution in [0.25, 0.3) is 0 Å². The second-order valence-electron chi connectivity index (χ2n) is 3.88. The molecule has 7 heteroatoms. The maximum atomic E-state index is 5.61. The maximum Gasteiger partial charge on any atom is 0.330 e. The predicted molar refractivity (Wildman–Crippen MR) is 79.4 cm³/mol. The fraction of sp³-hybridized carbons (Fsp3) is 0.308. The van der Waals surface area contributed by atoms with E-state index in [4.69, 9.17) is 9.47 Å². The summed E-state index contributed by atoms with van der Waals surface area (Å²) in [5, 5.41) is 2.85. The Bertz CT molecular complexity index is 580. The third kappa shape index (κ3) is 4.06. The molecular formula is C13H15BrN4O2. The van der Waals surface area contributed by atoms with E-state index in [-0.39, 0.29) is 12.0 Å². The van der Waals surface area contributed by atoms with Crippen LogP contribution in [0, 0.1) is 0 Å². The Labute approximate surface area is 125 Å². The van der Waals surface area contributed by atoms with E-state index >= 15 is 0 Å². The average molecular weight is 339 g/mol. The molecule has 0 spiro atoms. The summed E-state index contributed by atoms with van der Waals surface area (Å²) >= 11 is 3.38. The fourth-order valence-electron chi connectivity index (χ4n) is 1.39. The molecule has 0 aliphatic rings. The van der Waals surface area contributed by atoms with E-state index in [2.05, 4.69) is 36.2 Å². The number of benzene rings is 1. The Morgan fingerprint density at radius 1 is 1.20 bits per heavy atom. The van der Waals surface area contributed by atoms with Crippen molar-refractivity contribution in [3.05, 3.63) is 28.7 Å². The van der Waals surface area contributed by atoms with Gasteiger partial charge in [-0.2, -0.15) is 9.97 Å². The molecular weight excluding hydrogens is 324 g/mol. The van der Waals surface area contributed by atoms with Crippen molar-refractivity contribution in [1.29, 1.82) is 0 Å². The van der Waals surface area contributed by atoms with Crippen molar-refractivity contribution in [2.24, 2.45) is 0 Å². The highest BCUT2D eigenvalue weighted by Crippen LogP contribution is 2.23. The minimum absolute atomic E-state index is 0.188. The van der Waals surface area contributed by atoms with Crippen LogP contribution in [0.3, 0.4) is 0 Å². The zero-order valence-electron chi connectivity index (χ0n) is 11.3. The van der Waals surface area contributed by atoms with Crippen LogP contribution in [-0.2, 0) is 0 Å². The van der Waals surface area contributed by atoms with Crippen molar-refractivity contribution < 1.29 is 9.47 Å². The molecule has 1 aromatic carbocycles. The number of nitrogens with zero attached hydrogens (tertiary/aromatic N) is 3. The lowest BCUT2D eigenvalue weighted by Gasteiger charge is -2.08. The van der Waals surface area contributed by atoms with Crippen LogP contribution in [0.1, 0.15) is 13.3 Å². The first-order valence-corrected chi connectivity index (χ1v) is 7.00. The van der Waals surface area contributed by atoms with Crippen molar-refractivity contribution >= 4 is 21.9 Å². The molecule has 1 aromatic heterocycles. The topological polar surface area (TPSA) is 69.2 Å². The van der Waals surface area contributed by atoms with Crippen LogP contribution >= 0.6 is 15.9 Å². The lowest BCUT2D eigenvalue weighted by atomic mass is 10.3. The molecule has 0 aliphatic carbocycles. The van der Waals surface area contributed by atoms with Gasteiger partial charge in [-0.3, -0.25) is 0 Å². The van der Waals surface area contributed by atoms with Crippen LogP contribution < -0.4 is 14.8 Å². The molecule has 0 saturated carbocycles. The number of anilines is 1. The van der Waals surface area contributed by atoms with Crippen LogP contribution in [0.15, 0.2) is 28.7 Å². The normalized spacial score (nSPS) is 10.2. The summed E-state index contributed by atoms with van der Waals surface area (Å²) < 4.78 is 11.9. The smallest absolute Gasteiger partial charge is 0.330 e. The largest absolute Gasteiger partial charge is 0.463 e. The van der Waals surface area contributed by atoms with Crippen molar-refractivity contribution in [2.75, 3.05) is 19.0 Å². The summed E-state index contributed by atoms with van der Waals surface area (Å²) in [4.78, 5) is 12.4. The molecule has 0 unspecified atom stereocenters. The van der Waals surface area contributed by atoms with Gasteiger partial charge in [-0.05, 0) is 24.6 Å². The zero-order chi connectivity index (χ0) is 14.4. The van der Waals surface area contributed by atoms with Gasteiger partial charge in [0, 0.05) is 11.5 Å². The SMILES string of the molecule is CCCOc1nc(NC)nc(Oc2cccc(Br)c2)n1. The first-order chi connectivity index (χ1) is 9.71. The van der Waals surface area contributed by atoms with Gasteiger partial charge in [-0.1, -0.05) is 28.9 Å². The molecule has 2 aromatic rings. The number of hydrogen-bond donors (Lipinski definition) is 1. The third-order valence-electron chi connectivity index (χ3n) is 2.26. The molecule has 20 heavy (non-hydrogen) atoms. The van der Waals surface area contributed by atoms with Crippen LogP contribution in [0.5, 0.6) is 17.8 Å².